The SMILES string of the molecule is CCCCc1ccc(S(=O)(=O)C2CC2)cc1. The molecule has 1 aromatic rings. The molecule has 0 atom stereocenters. The van der Waals surface area contributed by atoms with Gasteiger partial charge in [-0.2, -0.15) is 0 Å². The summed E-state index contributed by atoms with van der Waals surface area (Å²) < 4.78 is 23.8. The van der Waals surface area contributed by atoms with E-state index in [-0.39, 0.29) is 5.25 Å². The Labute approximate surface area is 97.6 Å². The first kappa shape index (κ1) is 11.6. The van der Waals surface area contributed by atoms with E-state index in [1.54, 1.807) is 12.1 Å². The lowest BCUT2D eigenvalue weighted by atomic mass is 10.1. The molecule has 16 heavy (non-hydrogen) atoms. The monoisotopic (exact) mass is 238 g/mol. The molecule has 1 aromatic carbocycles. The van der Waals surface area contributed by atoms with Crippen LogP contribution in [0.1, 0.15) is 38.2 Å². The minimum Gasteiger partial charge on any atom is -0.223 e. The summed E-state index contributed by atoms with van der Waals surface area (Å²) >= 11 is 0. The van der Waals surface area contributed by atoms with Crippen molar-refractivity contribution in [1.29, 1.82) is 0 Å². The number of rotatable bonds is 5. The van der Waals surface area contributed by atoms with Gasteiger partial charge in [-0.3, -0.25) is 0 Å². The van der Waals surface area contributed by atoms with E-state index in [1.807, 2.05) is 12.1 Å². The summed E-state index contributed by atoms with van der Waals surface area (Å²) in [6.07, 6.45) is 5.04. The van der Waals surface area contributed by atoms with E-state index in [0.29, 0.717) is 4.90 Å². The molecule has 1 saturated carbocycles. The van der Waals surface area contributed by atoms with E-state index < -0.39 is 9.84 Å². The van der Waals surface area contributed by atoms with E-state index in [1.165, 1.54) is 12.0 Å². The third kappa shape index (κ3) is 2.46. The quantitative estimate of drug-likeness (QED) is 0.790. The number of hydrogen-bond acceptors (Lipinski definition) is 2. The molecule has 1 fully saturated rings. The highest BCUT2D eigenvalue weighted by molar-refractivity contribution is 7.92. The van der Waals surface area contributed by atoms with Crippen molar-refractivity contribution in [2.24, 2.45) is 0 Å². The number of aryl methyl sites for hydroxylation is 1. The maximum Gasteiger partial charge on any atom is 0.181 e. The topological polar surface area (TPSA) is 34.1 Å². The van der Waals surface area contributed by atoms with Crippen LogP contribution in [0.3, 0.4) is 0 Å². The van der Waals surface area contributed by atoms with Gasteiger partial charge in [0.2, 0.25) is 0 Å². The maximum atomic E-state index is 11.9. The van der Waals surface area contributed by atoms with Crippen LogP contribution in [0.2, 0.25) is 0 Å². The molecule has 0 aliphatic heterocycles. The van der Waals surface area contributed by atoms with Gasteiger partial charge in [-0.1, -0.05) is 25.5 Å². The van der Waals surface area contributed by atoms with Crippen molar-refractivity contribution in [1.82, 2.24) is 0 Å². The Balaban J connectivity index is 2.12. The van der Waals surface area contributed by atoms with Gasteiger partial charge in [0.05, 0.1) is 10.1 Å². The molecule has 88 valence electrons. The van der Waals surface area contributed by atoms with Crippen LogP contribution in [0.4, 0.5) is 0 Å². The molecule has 0 spiro atoms. The van der Waals surface area contributed by atoms with Crippen LogP contribution in [-0.4, -0.2) is 13.7 Å². The van der Waals surface area contributed by atoms with Gasteiger partial charge in [0.25, 0.3) is 0 Å². The second-order valence-electron chi connectivity index (χ2n) is 4.49. The molecule has 2 rings (SSSR count). The summed E-state index contributed by atoms with van der Waals surface area (Å²) in [5.74, 6) is 0. The van der Waals surface area contributed by atoms with Crippen LogP contribution in [0.5, 0.6) is 0 Å². The van der Waals surface area contributed by atoms with E-state index in [4.69, 9.17) is 0 Å². The Kier molecular flexibility index (Phi) is 3.33. The van der Waals surface area contributed by atoms with Gasteiger partial charge in [0, 0.05) is 0 Å². The Hall–Kier alpha value is -0.830. The summed E-state index contributed by atoms with van der Waals surface area (Å²) in [5, 5.41) is -0.103. The number of benzene rings is 1. The molecule has 0 saturated heterocycles. The minimum atomic E-state index is -3.00. The van der Waals surface area contributed by atoms with Gasteiger partial charge in [0.15, 0.2) is 9.84 Å². The molecule has 0 unspecified atom stereocenters. The van der Waals surface area contributed by atoms with Crippen molar-refractivity contribution in [2.45, 2.75) is 49.2 Å². The van der Waals surface area contributed by atoms with Gasteiger partial charge in [-0.25, -0.2) is 8.42 Å². The lowest BCUT2D eigenvalue weighted by Crippen LogP contribution is -2.06. The van der Waals surface area contributed by atoms with Crippen LogP contribution < -0.4 is 0 Å². The predicted molar refractivity (Wildman–Crippen MR) is 65.3 cm³/mol. The molecule has 0 amide bonds. The van der Waals surface area contributed by atoms with Crippen LogP contribution in [-0.2, 0) is 16.3 Å². The molecule has 0 heterocycles. The van der Waals surface area contributed by atoms with Crippen molar-refractivity contribution in [3.05, 3.63) is 29.8 Å². The fraction of sp³-hybridized carbons (Fsp3) is 0.538. The molecular formula is C13H18O2S. The normalized spacial score (nSPS) is 16.3. The molecule has 1 aliphatic rings. The van der Waals surface area contributed by atoms with Crippen LogP contribution in [0.25, 0.3) is 0 Å². The van der Waals surface area contributed by atoms with Crippen molar-refractivity contribution in [2.75, 3.05) is 0 Å². The van der Waals surface area contributed by atoms with Crippen molar-refractivity contribution in [3.63, 3.8) is 0 Å². The van der Waals surface area contributed by atoms with Crippen LogP contribution >= 0.6 is 0 Å². The number of sulfone groups is 1. The van der Waals surface area contributed by atoms with E-state index in [2.05, 4.69) is 6.92 Å². The zero-order valence-corrected chi connectivity index (χ0v) is 10.5. The van der Waals surface area contributed by atoms with E-state index in [9.17, 15) is 8.42 Å². The molecule has 0 radical (unpaired) electrons. The Bertz CT molecular complexity index is 441. The summed E-state index contributed by atoms with van der Waals surface area (Å²) in [7, 11) is -3.00. The van der Waals surface area contributed by atoms with Gasteiger partial charge in [0.1, 0.15) is 0 Å². The summed E-state index contributed by atoms with van der Waals surface area (Å²) in [6.45, 7) is 2.16. The average Bonchev–Trinajstić information content (AvgIpc) is 3.11. The second-order valence-corrected chi connectivity index (χ2v) is 6.72. The Morgan fingerprint density at radius 2 is 1.81 bits per heavy atom. The van der Waals surface area contributed by atoms with E-state index >= 15 is 0 Å². The van der Waals surface area contributed by atoms with E-state index in [0.717, 1.165) is 25.7 Å². The first-order valence-electron chi connectivity index (χ1n) is 5.97. The largest absolute Gasteiger partial charge is 0.223 e. The highest BCUT2D eigenvalue weighted by Gasteiger charge is 2.36. The third-order valence-electron chi connectivity index (χ3n) is 3.03. The fourth-order valence-electron chi connectivity index (χ4n) is 1.80. The Morgan fingerprint density at radius 1 is 1.19 bits per heavy atom. The molecule has 0 aromatic heterocycles. The average molecular weight is 238 g/mol. The van der Waals surface area contributed by atoms with Crippen molar-refractivity contribution >= 4 is 9.84 Å². The number of hydrogen-bond donors (Lipinski definition) is 0. The molecule has 1 aliphatic carbocycles. The zero-order chi connectivity index (χ0) is 11.6. The highest BCUT2D eigenvalue weighted by Crippen LogP contribution is 2.33. The fourth-order valence-corrected chi connectivity index (χ4v) is 3.45. The predicted octanol–water partition coefficient (Wildman–Crippen LogP) is 2.97. The lowest BCUT2D eigenvalue weighted by Gasteiger charge is -2.04. The third-order valence-corrected chi connectivity index (χ3v) is 5.31. The Morgan fingerprint density at radius 3 is 2.31 bits per heavy atom. The molecule has 2 nitrogen and oxygen atoms in total. The zero-order valence-electron chi connectivity index (χ0n) is 9.65. The highest BCUT2D eigenvalue weighted by atomic mass is 32.2. The van der Waals surface area contributed by atoms with Crippen molar-refractivity contribution in [3.8, 4) is 0 Å². The molecular weight excluding hydrogens is 220 g/mol. The van der Waals surface area contributed by atoms with Gasteiger partial charge < -0.3 is 0 Å². The second kappa shape index (κ2) is 4.58. The summed E-state index contributed by atoms with van der Waals surface area (Å²) in [4.78, 5) is 0.496. The maximum absolute atomic E-state index is 11.9. The van der Waals surface area contributed by atoms with Gasteiger partial charge in [-0.05, 0) is 43.4 Å². The molecule has 0 N–H and O–H groups in total. The number of unbranched alkanes of at least 4 members (excludes halogenated alkanes) is 1. The van der Waals surface area contributed by atoms with Crippen LogP contribution in [0.15, 0.2) is 29.2 Å². The van der Waals surface area contributed by atoms with Crippen LogP contribution in [0, 0.1) is 0 Å². The smallest absolute Gasteiger partial charge is 0.181 e. The molecule has 3 heteroatoms. The van der Waals surface area contributed by atoms with Gasteiger partial charge >= 0.3 is 0 Å². The summed E-state index contributed by atoms with van der Waals surface area (Å²) in [6, 6.07) is 7.42. The molecule has 0 bridgehead atoms. The lowest BCUT2D eigenvalue weighted by molar-refractivity contribution is 0.594. The first-order chi connectivity index (χ1) is 7.64. The van der Waals surface area contributed by atoms with Gasteiger partial charge in [-0.15, -0.1) is 0 Å². The van der Waals surface area contributed by atoms with Crippen molar-refractivity contribution < 1.29 is 8.42 Å². The summed E-state index contributed by atoms with van der Waals surface area (Å²) in [5.41, 5.74) is 1.23. The minimum absolute atomic E-state index is 0.103. The first-order valence-corrected chi connectivity index (χ1v) is 7.52. The standard InChI is InChI=1S/C13H18O2S/c1-2-3-4-11-5-7-12(8-6-11)16(14,15)13-9-10-13/h5-8,13H,2-4,9-10H2,1H3.